The monoisotopic (exact) mass is 353 g/mol. The van der Waals surface area contributed by atoms with E-state index in [4.69, 9.17) is 0 Å². The molecule has 6 heteroatoms. The Kier molecular flexibility index (Phi) is 6.39. The third-order valence-electron chi connectivity index (χ3n) is 5.56. The van der Waals surface area contributed by atoms with E-state index in [0.29, 0.717) is 24.2 Å². The van der Waals surface area contributed by atoms with Crippen molar-refractivity contribution in [1.82, 2.24) is 14.7 Å². The van der Waals surface area contributed by atoms with Gasteiger partial charge in [-0.05, 0) is 57.1 Å². The van der Waals surface area contributed by atoms with Crippen LogP contribution in [0, 0.1) is 11.6 Å². The van der Waals surface area contributed by atoms with Crippen molar-refractivity contribution in [2.75, 3.05) is 46.4 Å². The minimum atomic E-state index is -0.521. The van der Waals surface area contributed by atoms with Gasteiger partial charge in [-0.3, -0.25) is 9.80 Å². The summed E-state index contributed by atoms with van der Waals surface area (Å²) in [5.41, 5.74) is 0.674. The minimum absolute atomic E-state index is 0.177. The van der Waals surface area contributed by atoms with Gasteiger partial charge in [0.1, 0.15) is 11.6 Å². The van der Waals surface area contributed by atoms with Crippen LogP contribution in [-0.4, -0.2) is 78.3 Å². The molecule has 1 atom stereocenters. The maximum atomic E-state index is 13.4. The normalized spacial score (nSPS) is 24.7. The van der Waals surface area contributed by atoms with Crippen molar-refractivity contribution >= 4 is 0 Å². The lowest BCUT2D eigenvalue weighted by Gasteiger charge is -2.47. The van der Waals surface area contributed by atoms with Crippen LogP contribution in [0.15, 0.2) is 18.2 Å². The molecule has 2 fully saturated rings. The van der Waals surface area contributed by atoms with Crippen molar-refractivity contribution in [1.29, 1.82) is 0 Å². The minimum Gasteiger partial charge on any atom is -0.396 e. The summed E-state index contributed by atoms with van der Waals surface area (Å²) in [6.07, 6.45) is 3.10. The van der Waals surface area contributed by atoms with Crippen LogP contribution >= 0.6 is 0 Å². The van der Waals surface area contributed by atoms with Crippen molar-refractivity contribution in [3.63, 3.8) is 0 Å². The van der Waals surface area contributed by atoms with Crippen molar-refractivity contribution in [3.8, 4) is 0 Å². The Labute approximate surface area is 149 Å². The van der Waals surface area contributed by atoms with Gasteiger partial charge < -0.3 is 10.0 Å². The van der Waals surface area contributed by atoms with Crippen LogP contribution in [0.5, 0.6) is 0 Å². The Morgan fingerprint density at radius 1 is 1.04 bits per heavy atom. The topological polar surface area (TPSA) is 30.0 Å². The van der Waals surface area contributed by atoms with Crippen LogP contribution < -0.4 is 0 Å². The number of nitrogens with zero attached hydrogens (tertiary/aromatic N) is 3. The first kappa shape index (κ1) is 18.7. The Hall–Kier alpha value is -1.08. The number of rotatable bonds is 5. The lowest BCUT2D eigenvalue weighted by molar-refractivity contribution is 0.00596. The van der Waals surface area contributed by atoms with E-state index in [1.165, 1.54) is 25.0 Å². The number of benzene rings is 1. The summed E-state index contributed by atoms with van der Waals surface area (Å²) in [7, 11) is 2.16. The first-order chi connectivity index (χ1) is 12.0. The van der Waals surface area contributed by atoms with Gasteiger partial charge in [-0.1, -0.05) is 0 Å². The quantitative estimate of drug-likeness (QED) is 0.876. The van der Waals surface area contributed by atoms with Crippen LogP contribution in [0.4, 0.5) is 8.78 Å². The predicted molar refractivity (Wildman–Crippen MR) is 94.4 cm³/mol. The van der Waals surface area contributed by atoms with Crippen LogP contribution in [0.1, 0.15) is 24.8 Å². The average molecular weight is 353 g/mol. The Morgan fingerprint density at radius 2 is 1.72 bits per heavy atom. The fraction of sp³-hybridized carbons (Fsp3) is 0.684. The number of aliphatic hydroxyl groups excluding tert-OH is 1. The summed E-state index contributed by atoms with van der Waals surface area (Å²) < 4.78 is 26.8. The van der Waals surface area contributed by atoms with E-state index in [1.54, 1.807) is 0 Å². The molecular weight excluding hydrogens is 324 g/mol. The highest BCUT2D eigenvalue weighted by molar-refractivity contribution is 5.18. The van der Waals surface area contributed by atoms with Gasteiger partial charge in [-0.25, -0.2) is 8.78 Å². The molecule has 140 valence electrons. The third-order valence-corrected chi connectivity index (χ3v) is 5.56. The highest BCUT2D eigenvalue weighted by atomic mass is 19.1. The largest absolute Gasteiger partial charge is 0.396 e. The van der Waals surface area contributed by atoms with Crippen molar-refractivity contribution in [2.45, 2.75) is 37.9 Å². The standard InChI is InChI=1S/C19H29F2N3O/c1-22-5-2-18(3-6-22)24-8-7-23(14-19(24)4-9-25)13-15-10-16(20)12-17(21)11-15/h10-12,18-19,25H,2-9,13-14H2,1H3. The van der Waals surface area contributed by atoms with E-state index in [2.05, 4.69) is 21.7 Å². The zero-order valence-corrected chi connectivity index (χ0v) is 15.0. The fourth-order valence-electron chi connectivity index (χ4n) is 4.25. The molecule has 0 aromatic heterocycles. The first-order valence-corrected chi connectivity index (χ1v) is 9.27. The lowest BCUT2D eigenvalue weighted by Crippen LogP contribution is -2.58. The molecule has 2 aliphatic heterocycles. The SMILES string of the molecule is CN1CCC(N2CCN(Cc3cc(F)cc(F)c3)CC2CCO)CC1. The van der Waals surface area contributed by atoms with E-state index in [1.807, 2.05) is 0 Å². The summed E-state index contributed by atoms with van der Waals surface area (Å²) in [6.45, 7) is 5.67. The third kappa shape index (κ3) is 4.97. The van der Waals surface area contributed by atoms with E-state index < -0.39 is 11.6 Å². The van der Waals surface area contributed by atoms with Crippen molar-refractivity contribution in [3.05, 3.63) is 35.4 Å². The molecule has 0 aliphatic carbocycles. The highest BCUT2D eigenvalue weighted by Crippen LogP contribution is 2.24. The molecule has 25 heavy (non-hydrogen) atoms. The smallest absolute Gasteiger partial charge is 0.126 e. The maximum Gasteiger partial charge on any atom is 0.126 e. The van der Waals surface area contributed by atoms with E-state index in [9.17, 15) is 13.9 Å². The molecule has 2 heterocycles. The molecular formula is C19H29F2N3O. The molecule has 0 amide bonds. The predicted octanol–water partition coefficient (Wildman–Crippen LogP) is 1.93. The number of hydrogen-bond acceptors (Lipinski definition) is 4. The number of piperidine rings is 1. The molecule has 1 aromatic rings. The Balaban J connectivity index is 1.62. The van der Waals surface area contributed by atoms with Crippen LogP contribution in [-0.2, 0) is 6.54 Å². The van der Waals surface area contributed by atoms with Gasteiger partial charge in [0.25, 0.3) is 0 Å². The molecule has 2 saturated heterocycles. The molecule has 4 nitrogen and oxygen atoms in total. The molecule has 3 rings (SSSR count). The number of halogens is 2. The summed E-state index contributed by atoms with van der Waals surface area (Å²) in [5, 5.41) is 9.47. The van der Waals surface area contributed by atoms with E-state index in [0.717, 1.165) is 45.2 Å². The lowest BCUT2D eigenvalue weighted by atomic mass is 9.98. The fourth-order valence-corrected chi connectivity index (χ4v) is 4.25. The average Bonchev–Trinajstić information content (AvgIpc) is 2.55. The maximum absolute atomic E-state index is 13.4. The van der Waals surface area contributed by atoms with E-state index in [-0.39, 0.29) is 6.61 Å². The van der Waals surface area contributed by atoms with Crippen molar-refractivity contribution in [2.24, 2.45) is 0 Å². The second kappa shape index (κ2) is 8.54. The van der Waals surface area contributed by atoms with Crippen LogP contribution in [0.25, 0.3) is 0 Å². The number of piperazine rings is 1. The molecule has 1 aromatic carbocycles. The first-order valence-electron chi connectivity index (χ1n) is 9.27. The van der Waals surface area contributed by atoms with Gasteiger partial charge in [0.2, 0.25) is 0 Å². The van der Waals surface area contributed by atoms with Gasteiger partial charge in [-0.15, -0.1) is 0 Å². The van der Waals surface area contributed by atoms with Crippen LogP contribution in [0.2, 0.25) is 0 Å². The summed E-state index contributed by atoms with van der Waals surface area (Å²) in [4.78, 5) is 7.18. The van der Waals surface area contributed by atoms with Crippen molar-refractivity contribution < 1.29 is 13.9 Å². The van der Waals surface area contributed by atoms with Gasteiger partial charge in [0.05, 0.1) is 0 Å². The number of hydrogen-bond donors (Lipinski definition) is 1. The number of aliphatic hydroxyl groups is 1. The molecule has 1 unspecified atom stereocenters. The summed E-state index contributed by atoms with van der Waals surface area (Å²) in [5.74, 6) is -1.04. The zero-order valence-electron chi connectivity index (χ0n) is 15.0. The van der Waals surface area contributed by atoms with Gasteiger partial charge in [0, 0.05) is 50.9 Å². The second-order valence-electron chi connectivity index (χ2n) is 7.45. The molecule has 1 N–H and O–H groups in total. The van der Waals surface area contributed by atoms with E-state index >= 15 is 0 Å². The summed E-state index contributed by atoms with van der Waals surface area (Å²) >= 11 is 0. The molecule has 0 radical (unpaired) electrons. The second-order valence-corrected chi connectivity index (χ2v) is 7.45. The summed E-state index contributed by atoms with van der Waals surface area (Å²) in [6, 6.07) is 4.63. The zero-order chi connectivity index (χ0) is 17.8. The molecule has 0 saturated carbocycles. The molecule has 2 aliphatic rings. The molecule has 0 bridgehead atoms. The van der Waals surface area contributed by atoms with Gasteiger partial charge in [0.15, 0.2) is 0 Å². The highest BCUT2D eigenvalue weighted by Gasteiger charge is 2.33. The van der Waals surface area contributed by atoms with Crippen LogP contribution in [0.3, 0.4) is 0 Å². The molecule has 0 spiro atoms. The van der Waals surface area contributed by atoms with Gasteiger partial charge in [-0.2, -0.15) is 0 Å². The van der Waals surface area contributed by atoms with Gasteiger partial charge >= 0.3 is 0 Å². The Morgan fingerprint density at radius 3 is 2.36 bits per heavy atom. The number of likely N-dealkylation sites (tertiary alicyclic amines) is 1. The Bertz CT molecular complexity index is 543.